The molecular formula is C37H35F6N3O4. The van der Waals surface area contributed by atoms with E-state index in [4.69, 9.17) is 6.42 Å². The zero-order valence-corrected chi connectivity index (χ0v) is 27.9. The molecule has 1 amide bonds. The van der Waals surface area contributed by atoms with Gasteiger partial charge in [-0.25, -0.2) is 13.2 Å². The molecule has 2 heterocycles. The molecule has 13 heteroatoms. The Morgan fingerprint density at radius 1 is 1.04 bits per heavy atom. The highest BCUT2D eigenvalue weighted by atomic mass is 19.4. The minimum absolute atomic E-state index is 0.133. The van der Waals surface area contributed by atoms with Crippen LogP contribution in [-0.2, 0) is 15.8 Å². The zero-order valence-electron chi connectivity index (χ0n) is 27.9. The maximum absolute atomic E-state index is 16.4. The van der Waals surface area contributed by atoms with E-state index < -0.39 is 81.8 Å². The number of alkyl halides is 3. The highest BCUT2D eigenvalue weighted by molar-refractivity contribution is 5.82. The number of amides is 1. The molecule has 2 N–H and O–H groups in total. The molecule has 0 aliphatic carbocycles. The lowest BCUT2D eigenvalue weighted by atomic mass is 9.89. The largest absolute Gasteiger partial charge is 0.481 e. The number of carboxylic acids is 1. The number of hydrogen-bond donors (Lipinski definition) is 2. The van der Waals surface area contributed by atoms with Gasteiger partial charge in [0.1, 0.15) is 23.5 Å². The number of carboxylic acid groups (broad SMARTS) is 1. The van der Waals surface area contributed by atoms with Crippen LogP contribution in [0.25, 0.3) is 11.1 Å². The van der Waals surface area contributed by atoms with Crippen molar-refractivity contribution >= 4 is 11.9 Å². The topological polar surface area (TPSA) is 91.6 Å². The fraction of sp³-hybridized carbons (Fsp3) is 0.378. The summed E-state index contributed by atoms with van der Waals surface area (Å²) < 4.78 is 89.2. The van der Waals surface area contributed by atoms with Crippen molar-refractivity contribution in [2.75, 3.05) is 20.1 Å². The monoisotopic (exact) mass is 699 g/mol. The van der Waals surface area contributed by atoms with Crippen molar-refractivity contribution in [1.82, 2.24) is 14.8 Å². The number of benzene rings is 2. The number of carbonyl (C=O) groups is 2. The lowest BCUT2D eigenvalue weighted by Gasteiger charge is -2.32. The molecule has 0 saturated carbocycles. The maximum atomic E-state index is 16.4. The van der Waals surface area contributed by atoms with Crippen molar-refractivity contribution in [3.63, 3.8) is 0 Å². The molecule has 2 aromatic carbocycles. The lowest BCUT2D eigenvalue weighted by Crippen LogP contribution is -2.42. The molecular weight excluding hydrogens is 664 g/mol. The first kappa shape index (κ1) is 37.8. The Balaban J connectivity index is 1.86. The molecule has 50 heavy (non-hydrogen) atoms. The Labute approximate surface area is 285 Å². The van der Waals surface area contributed by atoms with Gasteiger partial charge in [-0.05, 0) is 68.1 Å². The van der Waals surface area contributed by atoms with Crippen LogP contribution < -0.4 is 10.9 Å². The minimum atomic E-state index is -4.95. The SMILES string of the molecule is C#Cc1cc(-c2c(C)cc(F)cc2C)c(F)c([C@@H](CC(=O)O)NC(=O)[C@@H](CC(C)C)n2cc(C#CC3CN(C)C3)c(C(F)(F)F)cc2=O)c1F. The third kappa shape index (κ3) is 8.23. The molecule has 1 aliphatic rings. The Kier molecular flexibility index (Phi) is 11.2. The third-order valence-corrected chi connectivity index (χ3v) is 8.39. The summed E-state index contributed by atoms with van der Waals surface area (Å²) in [6, 6.07) is 0.162. The van der Waals surface area contributed by atoms with Gasteiger partial charge in [0, 0.05) is 42.4 Å². The Morgan fingerprint density at radius 2 is 1.66 bits per heavy atom. The number of aryl methyl sites for hydroxylation is 2. The van der Waals surface area contributed by atoms with Crippen LogP contribution in [0.1, 0.15) is 72.2 Å². The second-order valence-corrected chi connectivity index (χ2v) is 12.9. The van der Waals surface area contributed by atoms with Gasteiger partial charge in [-0.3, -0.25) is 14.4 Å². The number of nitrogens with one attached hydrogen (secondary N) is 1. The van der Waals surface area contributed by atoms with Gasteiger partial charge in [-0.1, -0.05) is 31.6 Å². The molecule has 1 aliphatic heterocycles. The van der Waals surface area contributed by atoms with E-state index in [2.05, 4.69) is 23.1 Å². The average molecular weight is 700 g/mol. The number of hydrogen-bond acceptors (Lipinski definition) is 4. The van der Waals surface area contributed by atoms with E-state index in [1.807, 2.05) is 11.9 Å². The standard InChI is InChI=1S/C37H35F6N3O4/c1-7-23-13-26(32-20(4)11-25(38)12-21(32)5)35(40)33(34(23)39)28(15-31(48)49)44-36(50)29(10-19(2)3)46-18-24(9-8-22-16-45(6)17-22)27(14-30(46)47)37(41,42)43/h1,11-14,18-19,22,28-29H,10,15-17H2,2-6H3,(H,44,50)(H,48,49)/t28-,29-/m1/s1. The van der Waals surface area contributed by atoms with Gasteiger partial charge < -0.3 is 19.9 Å². The van der Waals surface area contributed by atoms with Crippen molar-refractivity contribution < 1.29 is 41.0 Å². The lowest BCUT2D eigenvalue weighted by molar-refractivity contribution is -0.138. The number of rotatable bonds is 9. The number of halogens is 6. The Bertz CT molecular complexity index is 1970. The summed E-state index contributed by atoms with van der Waals surface area (Å²) in [5.74, 6) is 0.955. The normalized spacial score (nSPS) is 14.7. The first-order valence-corrected chi connectivity index (χ1v) is 15.6. The van der Waals surface area contributed by atoms with E-state index in [1.165, 1.54) is 13.8 Å². The van der Waals surface area contributed by atoms with E-state index in [-0.39, 0.29) is 40.5 Å². The number of pyridine rings is 1. The molecule has 0 spiro atoms. The summed E-state index contributed by atoms with van der Waals surface area (Å²) in [6.07, 6.45) is 0.233. The molecule has 0 bridgehead atoms. The second-order valence-electron chi connectivity index (χ2n) is 12.9. The maximum Gasteiger partial charge on any atom is 0.417 e. The van der Waals surface area contributed by atoms with Crippen LogP contribution in [0.3, 0.4) is 0 Å². The van der Waals surface area contributed by atoms with Crippen LogP contribution in [0.4, 0.5) is 26.3 Å². The summed E-state index contributed by atoms with van der Waals surface area (Å²) >= 11 is 0. The second kappa shape index (κ2) is 14.9. The highest BCUT2D eigenvalue weighted by Crippen LogP contribution is 2.37. The first-order chi connectivity index (χ1) is 23.3. The van der Waals surface area contributed by atoms with Crippen molar-refractivity contribution in [2.24, 2.45) is 11.8 Å². The number of terminal acetylenes is 1. The summed E-state index contributed by atoms with van der Waals surface area (Å²) in [5, 5.41) is 12.1. The predicted octanol–water partition coefficient (Wildman–Crippen LogP) is 6.38. The molecule has 0 unspecified atom stereocenters. The highest BCUT2D eigenvalue weighted by Gasteiger charge is 2.37. The molecule has 2 atom stereocenters. The number of nitrogens with zero attached hydrogens (tertiary/aromatic N) is 2. The molecule has 1 aromatic heterocycles. The number of aliphatic carboxylic acids is 1. The zero-order chi connectivity index (χ0) is 37.2. The van der Waals surface area contributed by atoms with Crippen molar-refractivity contribution in [2.45, 2.75) is 58.8 Å². The predicted molar refractivity (Wildman–Crippen MR) is 174 cm³/mol. The molecule has 264 valence electrons. The molecule has 7 nitrogen and oxygen atoms in total. The van der Waals surface area contributed by atoms with Crippen molar-refractivity contribution in [3.05, 3.63) is 91.6 Å². The van der Waals surface area contributed by atoms with Crippen molar-refractivity contribution in [1.29, 1.82) is 0 Å². The van der Waals surface area contributed by atoms with Gasteiger partial charge >= 0.3 is 12.1 Å². The van der Waals surface area contributed by atoms with E-state index in [9.17, 15) is 37.1 Å². The number of likely N-dealkylation sites (tertiary alicyclic amines) is 1. The van der Waals surface area contributed by atoms with Gasteiger partial charge in [0.2, 0.25) is 5.91 Å². The van der Waals surface area contributed by atoms with Gasteiger partial charge in [-0.2, -0.15) is 13.2 Å². The first-order valence-electron chi connectivity index (χ1n) is 15.6. The molecule has 1 fully saturated rings. The van der Waals surface area contributed by atoms with E-state index in [0.717, 1.165) is 29.0 Å². The number of aromatic nitrogens is 1. The van der Waals surface area contributed by atoms with Crippen molar-refractivity contribution in [3.8, 4) is 35.3 Å². The average Bonchev–Trinajstić information content (AvgIpc) is 2.97. The van der Waals surface area contributed by atoms with Gasteiger partial charge in [-0.15, -0.1) is 6.42 Å². The molecule has 3 aromatic rings. The molecule has 0 radical (unpaired) electrons. The third-order valence-electron chi connectivity index (χ3n) is 8.39. The molecule has 4 rings (SSSR count). The van der Waals surface area contributed by atoms with Gasteiger partial charge in [0.15, 0.2) is 0 Å². The summed E-state index contributed by atoms with van der Waals surface area (Å²) in [6.45, 7) is 7.39. The van der Waals surface area contributed by atoms with Crippen LogP contribution in [-0.4, -0.2) is 46.6 Å². The van der Waals surface area contributed by atoms with Gasteiger partial charge in [0.05, 0.1) is 29.2 Å². The number of carbonyl (C=O) groups excluding carboxylic acids is 1. The van der Waals surface area contributed by atoms with E-state index in [1.54, 1.807) is 13.8 Å². The van der Waals surface area contributed by atoms with E-state index >= 15 is 8.78 Å². The Hall–Kier alpha value is -5.01. The van der Waals surface area contributed by atoms with E-state index in [0.29, 0.717) is 19.2 Å². The van der Waals surface area contributed by atoms with Crippen LogP contribution in [0.2, 0.25) is 0 Å². The Morgan fingerprint density at radius 3 is 2.18 bits per heavy atom. The van der Waals surface area contributed by atoms with Gasteiger partial charge in [0.25, 0.3) is 5.56 Å². The smallest absolute Gasteiger partial charge is 0.417 e. The fourth-order valence-electron chi connectivity index (χ4n) is 6.14. The van der Waals surface area contributed by atoms with Crippen LogP contribution in [0.5, 0.6) is 0 Å². The van der Waals surface area contributed by atoms with Crippen LogP contribution >= 0.6 is 0 Å². The van der Waals surface area contributed by atoms with Crippen LogP contribution in [0.15, 0.2) is 35.3 Å². The van der Waals surface area contributed by atoms with Crippen LogP contribution in [0, 0.1) is 67.3 Å². The molecule has 1 saturated heterocycles. The fourth-order valence-corrected chi connectivity index (χ4v) is 6.14. The minimum Gasteiger partial charge on any atom is -0.481 e. The summed E-state index contributed by atoms with van der Waals surface area (Å²) in [5.41, 5.74) is -3.98. The summed E-state index contributed by atoms with van der Waals surface area (Å²) in [4.78, 5) is 41.1. The summed E-state index contributed by atoms with van der Waals surface area (Å²) in [7, 11) is 1.82. The quantitative estimate of drug-likeness (QED) is 0.200.